The van der Waals surface area contributed by atoms with Crippen LogP contribution in [-0.4, -0.2) is 4.98 Å². The summed E-state index contributed by atoms with van der Waals surface area (Å²) >= 11 is 0. The average molecular weight is 375 g/mol. The molecule has 0 saturated carbocycles. The molecule has 0 unspecified atom stereocenters. The van der Waals surface area contributed by atoms with Gasteiger partial charge in [-0.05, 0) is 59.2 Å². The maximum atomic E-state index is 9.41. The third-order valence-electron chi connectivity index (χ3n) is 4.81. The Labute approximate surface area is 168 Å². The van der Waals surface area contributed by atoms with Crippen LogP contribution in [0.4, 0.5) is 11.4 Å². The van der Waals surface area contributed by atoms with Crippen molar-refractivity contribution in [3.8, 4) is 45.8 Å². The first-order chi connectivity index (χ1) is 14.1. The second-order valence-electron chi connectivity index (χ2n) is 6.70. The highest BCUT2D eigenvalue weighted by Crippen LogP contribution is 2.37. The topological polar surface area (TPSA) is 115 Å². The predicted molar refractivity (Wildman–Crippen MR) is 115 cm³/mol. The van der Waals surface area contributed by atoms with Gasteiger partial charge in [0.25, 0.3) is 0 Å². The van der Waals surface area contributed by atoms with Crippen LogP contribution in [0.15, 0.2) is 72.8 Å². The molecule has 3 aromatic carbocycles. The number of nitrogen functional groups attached to an aromatic ring is 2. The molecule has 0 aliphatic carbocycles. The Morgan fingerprint density at radius 2 is 1.17 bits per heavy atom. The summed E-state index contributed by atoms with van der Waals surface area (Å²) in [6, 6.07) is 26.7. The maximum Gasteiger partial charge on any atom is 0.101 e. The van der Waals surface area contributed by atoms with Crippen molar-refractivity contribution in [3.05, 3.63) is 83.9 Å². The molecule has 0 amide bonds. The largest absolute Gasteiger partial charge is 0.399 e. The van der Waals surface area contributed by atoms with Gasteiger partial charge in [-0.25, -0.2) is 0 Å². The van der Waals surface area contributed by atoms with E-state index in [4.69, 9.17) is 11.5 Å². The molecular formula is C24H17N5. The fraction of sp³-hybridized carbons (Fsp3) is 0. The van der Waals surface area contributed by atoms with E-state index in [1.54, 1.807) is 12.1 Å². The normalized spacial score (nSPS) is 10.3. The van der Waals surface area contributed by atoms with Crippen molar-refractivity contribution in [1.29, 1.82) is 10.5 Å². The van der Waals surface area contributed by atoms with Crippen molar-refractivity contribution in [2.45, 2.75) is 0 Å². The standard InChI is InChI=1S/C24H17N5/c25-13-18-2-1-17(11-19(18)14-26)22-12-23(15-3-7-20(27)8-4-15)29-24(22)16-5-9-21(28)10-6-16/h1-12,29H,27-28H2. The third-order valence-corrected chi connectivity index (χ3v) is 4.81. The molecule has 1 aromatic heterocycles. The quantitative estimate of drug-likeness (QED) is 0.441. The van der Waals surface area contributed by atoms with Gasteiger partial charge in [-0.2, -0.15) is 10.5 Å². The molecule has 5 heteroatoms. The summed E-state index contributed by atoms with van der Waals surface area (Å²) < 4.78 is 0. The number of hydrogen-bond donors (Lipinski definition) is 3. The number of aromatic nitrogens is 1. The molecule has 29 heavy (non-hydrogen) atoms. The second kappa shape index (κ2) is 7.26. The van der Waals surface area contributed by atoms with Crippen LogP contribution in [0.5, 0.6) is 0 Å². The van der Waals surface area contributed by atoms with E-state index < -0.39 is 0 Å². The highest BCUT2D eigenvalue weighted by Gasteiger charge is 2.15. The molecule has 0 saturated heterocycles. The van der Waals surface area contributed by atoms with Gasteiger partial charge in [-0.3, -0.25) is 0 Å². The van der Waals surface area contributed by atoms with Gasteiger partial charge in [0.1, 0.15) is 12.1 Å². The first-order valence-electron chi connectivity index (χ1n) is 8.98. The van der Waals surface area contributed by atoms with Gasteiger partial charge in [0.15, 0.2) is 0 Å². The minimum Gasteiger partial charge on any atom is -0.399 e. The fourth-order valence-electron chi connectivity index (χ4n) is 3.28. The van der Waals surface area contributed by atoms with Crippen molar-refractivity contribution in [3.63, 3.8) is 0 Å². The minimum atomic E-state index is 0.350. The maximum absolute atomic E-state index is 9.41. The van der Waals surface area contributed by atoms with Gasteiger partial charge in [0.2, 0.25) is 0 Å². The van der Waals surface area contributed by atoms with Crippen LogP contribution in [0.3, 0.4) is 0 Å². The molecule has 4 rings (SSSR count). The number of rotatable bonds is 3. The van der Waals surface area contributed by atoms with Gasteiger partial charge in [0.05, 0.1) is 16.8 Å². The van der Waals surface area contributed by atoms with E-state index in [1.165, 1.54) is 0 Å². The molecule has 0 bridgehead atoms. The molecule has 5 nitrogen and oxygen atoms in total. The van der Waals surface area contributed by atoms with Gasteiger partial charge in [-0.15, -0.1) is 0 Å². The van der Waals surface area contributed by atoms with Crippen molar-refractivity contribution in [2.75, 3.05) is 11.5 Å². The molecule has 4 aromatic rings. The van der Waals surface area contributed by atoms with Crippen LogP contribution < -0.4 is 11.5 Å². The average Bonchev–Trinajstić information content (AvgIpc) is 3.19. The Morgan fingerprint density at radius 1 is 0.621 bits per heavy atom. The third kappa shape index (κ3) is 3.41. The van der Waals surface area contributed by atoms with Crippen LogP contribution in [-0.2, 0) is 0 Å². The van der Waals surface area contributed by atoms with Crippen LogP contribution in [0.2, 0.25) is 0 Å². The molecular weight excluding hydrogens is 358 g/mol. The zero-order valence-corrected chi connectivity index (χ0v) is 15.5. The molecule has 0 fully saturated rings. The summed E-state index contributed by atoms with van der Waals surface area (Å²) in [6.07, 6.45) is 0. The summed E-state index contributed by atoms with van der Waals surface area (Å²) in [7, 11) is 0. The molecule has 1 heterocycles. The van der Waals surface area contributed by atoms with E-state index in [2.05, 4.69) is 17.1 Å². The van der Waals surface area contributed by atoms with E-state index in [9.17, 15) is 10.5 Å². The van der Waals surface area contributed by atoms with Crippen LogP contribution >= 0.6 is 0 Å². The minimum absolute atomic E-state index is 0.350. The van der Waals surface area contributed by atoms with E-state index >= 15 is 0 Å². The van der Waals surface area contributed by atoms with E-state index in [-0.39, 0.29) is 0 Å². The van der Waals surface area contributed by atoms with Crippen molar-refractivity contribution < 1.29 is 0 Å². The van der Waals surface area contributed by atoms with Crippen LogP contribution in [0, 0.1) is 22.7 Å². The van der Waals surface area contributed by atoms with Crippen molar-refractivity contribution in [1.82, 2.24) is 4.98 Å². The van der Waals surface area contributed by atoms with E-state index in [0.717, 1.165) is 33.6 Å². The Hall–Kier alpha value is -4.48. The molecule has 0 aliphatic rings. The van der Waals surface area contributed by atoms with Crippen LogP contribution in [0.25, 0.3) is 33.6 Å². The van der Waals surface area contributed by atoms with E-state index in [0.29, 0.717) is 22.5 Å². The lowest BCUT2D eigenvalue weighted by molar-refractivity contribution is 1.39. The molecule has 0 atom stereocenters. The predicted octanol–water partition coefficient (Wildman–Crippen LogP) is 4.92. The number of nitriles is 2. The monoisotopic (exact) mass is 375 g/mol. The molecule has 0 radical (unpaired) electrons. The summed E-state index contributed by atoms with van der Waals surface area (Å²) in [4.78, 5) is 3.49. The zero-order chi connectivity index (χ0) is 20.4. The highest BCUT2D eigenvalue weighted by atomic mass is 14.7. The Morgan fingerprint density at radius 3 is 1.76 bits per heavy atom. The zero-order valence-electron chi connectivity index (χ0n) is 15.5. The number of benzene rings is 3. The van der Waals surface area contributed by atoms with Gasteiger partial charge < -0.3 is 16.5 Å². The lowest BCUT2D eigenvalue weighted by Crippen LogP contribution is -1.88. The van der Waals surface area contributed by atoms with Crippen molar-refractivity contribution >= 4 is 11.4 Å². The number of nitrogens with zero attached hydrogens (tertiary/aromatic N) is 2. The molecule has 138 valence electrons. The summed E-state index contributed by atoms with van der Waals surface area (Å²) in [5, 5.41) is 18.6. The number of nitrogens with two attached hydrogens (primary N) is 2. The molecule has 0 aliphatic heterocycles. The summed E-state index contributed by atoms with van der Waals surface area (Å²) in [5.74, 6) is 0. The number of aromatic amines is 1. The SMILES string of the molecule is N#Cc1ccc(-c2cc(-c3ccc(N)cc3)[nH]c2-c2ccc(N)cc2)cc1C#N. The summed E-state index contributed by atoms with van der Waals surface area (Å²) in [6.45, 7) is 0. The van der Waals surface area contributed by atoms with Gasteiger partial charge in [-0.1, -0.05) is 30.3 Å². The van der Waals surface area contributed by atoms with E-state index in [1.807, 2.05) is 60.7 Å². The van der Waals surface area contributed by atoms with Crippen molar-refractivity contribution in [2.24, 2.45) is 0 Å². The first-order valence-corrected chi connectivity index (χ1v) is 8.98. The lowest BCUT2D eigenvalue weighted by atomic mass is 9.97. The van der Waals surface area contributed by atoms with Crippen LogP contribution in [0.1, 0.15) is 11.1 Å². The highest BCUT2D eigenvalue weighted by molar-refractivity contribution is 5.87. The summed E-state index contributed by atoms with van der Waals surface area (Å²) in [5.41, 5.74) is 19.3. The Bertz CT molecular complexity index is 1270. The number of anilines is 2. The Balaban J connectivity index is 1.92. The number of nitrogens with one attached hydrogen (secondary N) is 1. The van der Waals surface area contributed by atoms with Gasteiger partial charge >= 0.3 is 0 Å². The van der Waals surface area contributed by atoms with Gasteiger partial charge in [0, 0.05) is 22.6 Å². The first kappa shape index (κ1) is 17.9. The molecule has 5 N–H and O–H groups in total. The second-order valence-corrected chi connectivity index (χ2v) is 6.70. The molecule has 0 spiro atoms. The number of hydrogen-bond acceptors (Lipinski definition) is 4. The number of H-pyrrole nitrogens is 1. The fourth-order valence-corrected chi connectivity index (χ4v) is 3.28. The Kier molecular flexibility index (Phi) is 4.49. The lowest BCUT2D eigenvalue weighted by Gasteiger charge is -2.06. The smallest absolute Gasteiger partial charge is 0.101 e.